The maximum atomic E-state index is 14.3. The highest BCUT2D eigenvalue weighted by Crippen LogP contribution is 2.23. The Labute approximate surface area is 214 Å². The molecule has 1 heterocycles. The fourth-order valence-electron chi connectivity index (χ4n) is 3.63. The number of carbonyl (C=O) groups excluding carboxylic acids is 1. The average molecular weight is 514 g/mol. The molecule has 0 atom stereocenters. The normalized spacial score (nSPS) is 10.6. The smallest absolute Gasteiger partial charge is 0.303 e. The maximum absolute atomic E-state index is 14.3. The molecule has 0 aliphatic rings. The maximum Gasteiger partial charge on any atom is 0.303 e. The number of nitrogens with one attached hydrogen (secondary N) is 1. The van der Waals surface area contributed by atoms with Crippen LogP contribution < -0.4 is 10.1 Å². The van der Waals surface area contributed by atoms with E-state index in [9.17, 15) is 14.0 Å². The van der Waals surface area contributed by atoms with Crippen molar-refractivity contribution >= 4 is 29.2 Å². The Morgan fingerprint density at radius 2 is 1.83 bits per heavy atom. The molecule has 0 saturated heterocycles. The molecular weight excluding hydrogens is 485 g/mol. The van der Waals surface area contributed by atoms with Gasteiger partial charge in [-0.15, -0.1) is 0 Å². The van der Waals surface area contributed by atoms with Crippen molar-refractivity contribution in [3.8, 4) is 5.75 Å². The summed E-state index contributed by atoms with van der Waals surface area (Å²) in [6, 6.07) is 14.8. The van der Waals surface area contributed by atoms with E-state index in [0.717, 1.165) is 5.69 Å². The Balaban J connectivity index is 1.66. The van der Waals surface area contributed by atoms with Gasteiger partial charge < -0.3 is 20.1 Å². The monoisotopic (exact) mass is 513 g/mol. The summed E-state index contributed by atoms with van der Waals surface area (Å²) in [5, 5.41) is 12.4. The van der Waals surface area contributed by atoms with Crippen LogP contribution in [0.15, 0.2) is 67.0 Å². The van der Waals surface area contributed by atoms with Crippen molar-refractivity contribution in [1.29, 1.82) is 0 Å². The second-order valence-electron chi connectivity index (χ2n) is 8.21. The number of amides is 1. The second-order valence-corrected chi connectivity index (χ2v) is 8.65. The van der Waals surface area contributed by atoms with Crippen molar-refractivity contribution < 1.29 is 23.8 Å². The molecule has 2 N–H and O–H groups in total. The molecule has 3 aromatic rings. The van der Waals surface area contributed by atoms with Crippen LogP contribution in [0, 0.1) is 5.82 Å². The van der Waals surface area contributed by atoms with Gasteiger partial charge >= 0.3 is 5.97 Å². The lowest BCUT2D eigenvalue weighted by molar-refractivity contribution is -0.137. The van der Waals surface area contributed by atoms with Gasteiger partial charge in [-0.2, -0.15) is 0 Å². The summed E-state index contributed by atoms with van der Waals surface area (Å²) in [7, 11) is 0. The lowest BCUT2D eigenvalue weighted by Crippen LogP contribution is -2.32. The number of carbonyl (C=O) groups is 2. The SMILES string of the molecule is O=C(O)CCCCCN(Cc1ccccc1F)C(=O)c1cc(Cl)cc(OCCNc2ccncc2)c1. The number of carboxylic acid groups (broad SMARTS) is 1. The number of hydrogen-bond donors (Lipinski definition) is 2. The molecule has 7 nitrogen and oxygen atoms in total. The van der Waals surface area contributed by atoms with E-state index in [0.29, 0.717) is 60.9 Å². The summed E-state index contributed by atoms with van der Waals surface area (Å²) in [6.07, 6.45) is 5.21. The van der Waals surface area contributed by atoms with Crippen LogP contribution in [0.25, 0.3) is 0 Å². The number of aliphatic carboxylic acids is 1. The molecule has 1 amide bonds. The van der Waals surface area contributed by atoms with E-state index < -0.39 is 11.8 Å². The third-order valence-corrected chi connectivity index (χ3v) is 5.64. The first-order valence-electron chi connectivity index (χ1n) is 11.7. The predicted octanol–water partition coefficient (Wildman–Crippen LogP) is 5.65. The number of ether oxygens (including phenoxy) is 1. The van der Waals surface area contributed by atoms with E-state index in [-0.39, 0.29) is 18.9 Å². The molecule has 0 spiro atoms. The van der Waals surface area contributed by atoms with Crippen LogP contribution in [0.2, 0.25) is 5.02 Å². The van der Waals surface area contributed by atoms with Gasteiger partial charge in [0.15, 0.2) is 0 Å². The minimum Gasteiger partial charge on any atom is -0.492 e. The fraction of sp³-hybridized carbons (Fsp3) is 0.296. The minimum atomic E-state index is -0.850. The zero-order valence-corrected chi connectivity index (χ0v) is 20.6. The first kappa shape index (κ1) is 26.9. The molecule has 36 heavy (non-hydrogen) atoms. The van der Waals surface area contributed by atoms with Gasteiger partial charge in [-0.25, -0.2) is 4.39 Å². The van der Waals surface area contributed by atoms with Crippen molar-refractivity contribution in [2.24, 2.45) is 0 Å². The van der Waals surface area contributed by atoms with Crippen LogP contribution in [0.4, 0.5) is 10.1 Å². The summed E-state index contributed by atoms with van der Waals surface area (Å²) < 4.78 is 20.1. The highest BCUT2D eigenvalue weighted by Gasteiger charge is 2.19. The fourth-order valence-corrected chi connectivity index (χ4v) is 3.85. The average Bonchev–Trinajstić information content (AvgIpc) is 2.86. The van der Waals surface area contributed by atoms with E-state index in [2.05, 4.69) is 10.3 Å². The number of carboxylic acids is 1. The molecule has 0 fully saturated rings. The summed E-state index contributed by atoms with van der Waals surface area (Å²) in [5.41, 5.74) is 1.65. The quantitative estimate of drug-likeness (QED) is 0.270. The number of aromatic nitrogens is 1. The van der Waals surface area contributed by atoms with Gasteiger partial charge in [0, 0.05) is 60.3 Å². The Kier molecular flexibility index (Phi) is 10.5. The number of hydrogen-bond acceptors (Lipinski definition) is 5. The van der Waals surface area contributed by atoms with Crippen molar-refractivity contribution in [3.05, 3.63) is 89.0 Å². The van der Waals surface area contributed by atoms with Crippen LogP contribution in [-0.2, 0) is 11.3 Å². The Bertz CT molecular complexity index is 1150. The van der Waals surface area contributed by atoms with E-state index in [1.54, 1.807) is 53.7 Å². The summed E-state index contributed by atoms with van der Waals surface area (Å²) in [5.74, 6) is -1.09. The van der Waals surface area contributed by atoms with Crippen LogP contribution in [0.3, 0.4) is 0 Å². The molecule has 3 rings (SSSR count). The Morgan fingerprint density at radius 1 is 1.06 bits per heavy atom. The highest BCUT2D eigenvalue weighted by atomic mass is 35.5. The number of anilines is 1. The summed E-state index contributed by atoms with van der Waals surface area (Å²) >= 11 is 6.28. The molecule has 1 aromatic heterocycles. The molecule has 190 valence electrons. The largest absolute Gasteiger partial charge is 0.492 e. The van der Waals surface area contributed by atoms with Crippen LogP contribution >= 0.6 is 11.6 Å². The zero-order valence-electron chi connectivity index (χ0n) is 19.8. The van der Waals surface area contributed by atoms with Crippen molar-refractivity contribution in [3.63, 3.8) is 0 Å². The number of benzene rings is 2. The van der Waals surface area contributed by atoms with Gasteiger partial charge in [0.05, 0.1) is 0 Å². The van der Waals surface area contributed by atoms with E-state index in [1.807, 2.05) is 12.1 Å². The third kappa shape index (κ3) is 8.85. The number of halogens is 2. The predicted molar refractivity (Wildman–Crippen MR) is 137 cm³/mol. The van der Waals surface area contributed by atoms with Gasteiger partial charge in [0.1, 0.15) is 18.2 Å². The number of nitrogens with zero attached hydrogens (tertiary/aromatic N) is 2. The zero-order chi connectivity index (χ0) is 25.8. The van der Waals surface area contributed by atoms with Gasteiger partial charge in [0.2, 0.25) is 0 Å². The van der Waals surface area contributed by atoms with Gasteiger partial charge in [0.25, 0.3) is 5.91 Å². The van der Waals surface area contributed by atoms with E-state index in [4.69, 9.17) is 21.4 Å². The van der Waals surface area contributed by atoms with Gasteiger partial charge in [-0.1, -0.05) is 36.2 Å². The van der Waals surface area contributed by atoms with Gasteiger partial charge in [-0.3, -0.25) is 14.6 Å². The molecule has 0 saturated carbocycles. The summed E-state index contributed by atoms with van der Waals surface area (Å²) in [4.78, 5) is 29.7. The van der Waals surface area contributed by atoms with Crippen LogP contribution in [0.1, 0.15) is 41.6 Å². The van der Waals surface area contributed by atoms with E-state index in [1.165, 1.54) is 6.07 Å². The molecule has 0 bridgehead atoms. The third-order valence-electron chi connectivity index (χ3n) is 5.42. The lowest BCUT2D eigenvalue weighted by Gasteiger charge is -2.24. The van der Waals surface area contributed by atoms with Crippen LogP contribution in [-0.4, -0.2) is 46.6 Å². The first-order chi connectivity index (χ1) is 17.4. The van der Waals surface area contributed by atoms with Crippen molar-refractivity contribution in [2.45, 2.75) is 32.2 Å². The number of pyridine rings is 1. The highest BCUT2D eigenvalue weighted by molar-refractivity contribution is 6.31. The van der Waals surface area contributed by atoms with Crippen molar-refractivity contribution in [1.82, 2.24) is 9.88 Å². The Hall–Kier alpha value is -3.65. The molecule has 0 aliphatic heterocycles. The molecule has 9 heteroatoms. The molecule has 0 radical (unpaired) electrons. The molecule has 0 aliphatic carbocycles. The first-order valence-corrected chi connectivity index (χ1v) is 12.1. The minimum absolute atomic E-state index is 0.0757. The molecular formula is C27H29ClFN3O4. The Morgan fingerprint density at radius 3 is 2.58 bits per heavy atom. The molecule has 0 unspecified atom stereocenters. The van der Waals surface area contributed by atoms with Gasteiger partial charge in [-0.05, 0) is 49.2 Å². The number of rotatable bonds is 14. The lowest BCUT2D eigenvalue weighted by atomic mass is 10.1. The van der Waals surface area contributed by atoms with Crippen LogP contribution in [0.5, 0.6) is 5.75 Å². The van der Waals surface area contributed by atoms with Crippen molar-refractivity contribution in [2.75, 3.05) is 25.0 Å². The van der Waals surface area contributed by atoms with E-state index >= 15 is 0 Å². The standard InChI is InChI=1S/C27H29ClFN3O4/c28-22-16-21(17-24(18-22)36-15-13-31-23-9-11-30-12-10-23)27(35)32(14-5-1-2-8-26(33)34)19-20-6-3-4-7-25(20)29/h3-4,6-7,9-12,16-18H,1-2,5,8,13-15,19H2,(H,30,31)(H,33,34). The topological polar surface area (TPSA) is 91.8 Å². The second kappa shape index (κ2) is 14.0. The summed E-state index contributed by atoms with van der Waals surface area (Å²) in [6.45, 7) is 1.32. The number of unbranched alkanes of at least 4 members (excludes halogenated alkanes) is 2. The molecule has 2 aromatic carbocycles.